The van der Waals surface area contributed by atoms with E-state index in [0.717, 1.165) is 6.07 Å². The van der Waals surface area contributed by atoms with E-state index in [2.05, 4.69) is 4.98 Å². The molecule has 6 heteroatoms. The lowest BCUT2D eigenvalue weighted by molar-refractivity contribution is 0.0994. The Hall–Kier alpha value is -1.85. The molecule has 0 atom stereocenters. The number of carbonyl (C=O) groups excluding carboxylic acids is 1. The molecule has 0 bridgehead atoms. The Labute approximate surface area is 92.6 Å². The third-order valence-electron chi connectivity index (χ3n) is 1.79. The van der Waals surface area contributed by atoms with Crippen LogP contribution in [-0.2, 0) is 0 Å². The molecule has 5 nitrogen and oxygen atoms in total. The van der Waals surface area contributed by atoms with Gasteiger partial charge in [0.05, 0.1) is 6.61 Å². The van der Waals surface area contributed by atoms with Gasteiger partial charge < -0.3 is 16.2 Å². The summed E-state index contributed by atoms with van der Waals surface area (Å²) in [7, 11) is 0. The molecule has 0 aliphatic heterocycles. The lowest BCUT2D eigenvalue weighted by Crippen LogP contribution is -2.17. The number of nitrogens with two attached hydrogens (primary N) is 2. The van der Waals surface area contributed by atoms with Crippen molar-refractivity contribution in [3.8, 4) is 5.88 Å². The number of primary amides is 1. The summed E-state index contributed by atoms with van der Waals surface area (Å²) in [5, 5.41) is 0. The van der Waals surface area contributed by atoms with E-state index in [0.29, 0.717) is 6.61 Å². The molecule has 0 spiro atoms. The molecule has 0 unspecified atom stereocenters. The van der Waals surface area contributed by atoms with Crippen LogP contribution in [0.2, 0.25) is 0 Å². The number of ether oxygens (including phenoxy) is 1. The molecule has 0 saturated carbocycles. The van der Waals surface area contributed by atoms with Crippen LogP contribution in [-0.4, -0.2) is 17.5 Å². The van der Waals surface area contributed by atoms with Crippen molar-refractivity contribution in [1.29, 1.82) is 0 Å². The van der Waals surface area contributed by atoms with E-state index < -0.39 is 11.7 Å². The van der Waals surface area contributed by atoms with Crippen molar-refractivity contribution in [2.45, 2.75) is 13.8 Å². The van der Waals surface area contributed by atoms with Crippen LogP contribution in [0.25, 0.3) is 0 Å². The summed E-state index contributed by atoms with van der Waals surface area (Å²) >= 11 is 0. The maximum absolute atomic E-state index is 13.1. The van der Waals surface area contributed by atoms with Gasteiger partial charge in [0, 0.05) is 0 Å². The number of nitrogen functional groups attached to an aromatic ring is 1. The zero-order valence-corrected chi connectivity index (χ0v) is 9.16. The summed E-state index contributed by atoms with van der Waals surface area (Å²) in [5.74, 6) is -1.69. The van der Waals surface area contributed by atoms with Crippen LogP contribution in [0.4, 0.5) is 10.2 Å². The first-order chi connectivity index (χ1) is 7.41. The third kappa shape index (κ3) is 2.82. The molecule has 0 saturated heterocycles. The molecule has 4 N–H and O–H groups in total. The first-order valence-corrected chi connectivity index (χ1v) is 4.80. The highest BCUT2D eigenvalue weighted by Crippen LogP contribution is 2.20. The fourth-order valence-electron chi connectivity index (χ4n) is 1.02. The van der Waals surface area contributed by atoms with Gasteiger partial charge in [-0.05, 0) is 12.0 Å². The Morgan fingerprint density at radius 3 is 2.75 bits per heavy atom. The van der Waals surface area contributed by atoms with E-state index in [-0.39, 0.29) is 23.2 Å². The van der Waals surface area contributed by atoms with Gasteiger partial charge in [-0.2, -0.15) is 4.98 Å². The van der Waals surface area contributed by atoms with E-state index in [4.69, 9.17) is 16.2 Å². The highest BCUT2D eigenvalue weighted by molar-refractivity contribution is 5.95. The highest BCUT2D eigenvalue weighted by Gasteiger charge is 2.15. The van der Waals surface area contributed by atoms with Crippen molar-refractivity contribution < 1.29 is 13.9 Å². The standard InChI is InChI=1S/C10H14FN3O2/c1-5(2)4-16-10-6(9(13)15)3-7(11)8(12)14-10/h3,5H,4H2,1-2H3,(H2,12,14)(H2,13,15). The average Bonchev–Trinajstić information content (AvgIpc) is 2.18. The van der Waals surface area contributed by atoms with Gasteiger partial charge >= 0.3 is 0 Å². The van der Waals surface area contributed by atoms with Gasteiger partial charge in [0.15, 0.2) is 11.6 Å². The number of nitrogens with zero attached hydrogens (tertiary/aromatic N) is 1. The second-order valence-corrected chi connectivity index (χ2v) is 3.78. The monoisotopic (exact) mass is 227 g/mol. The molecule has 1 aromatic heterocycles. The van der Waals surface area contributed by atoms with Crippen molar-refractivity contribution in [3.63, 3.8) is 0 Å². The molecule has 16 heavy (non-hydrogen) atoms. The van der Waals surface area contributed by atoms with Crippen molar-refractivity contribution in [1.82, 2.24) is 4.98 Å². The maximum atomic E-state index is 13.1. The number of anilines is 1. The normalized spacial score (nSPS) is 10.5. The van der Waals surface area contributed by atoms with Crippen LogP contribution < -0.4 is 16.2 Å². The van der Waals surface area contributed by atoms with Gasteiger partial charge in [0.2, 0.25) is 5.88 Å². The van der Waals surface area contributed by atoms with Crippen LogP contribution in [0.1, 0.15) is 24.2 Å². The van der Waals surface area contributed by atoms with E-state index in [1.807, 2.05) is 13.8 Å². The van der Waals surface area contributed by atoms with Gasteiger partial charge in [-0.25, -0.2) is 4.39 Å². The SMILES string of the molecule is CC(C)COc1nc(N)c(F)cc1C(N)=O. The fraction of sp³-hybridized carbons (Fsp3) is 0.400. The van der Waals surface area contributed by atoms with Crippen molar-refractivity contribution in [3.05, 3.63) is 17.4 Å². The van der Waals surface area contributed by atoms with Crippen LogP contribution in [0, 0.1) is 11.7 Å². The maximum Gasteiger partial charge on any atom is 0.254 e. The van der Waals surface area contributed by atoms with E-state index in [1.54, 1.807) is 0 Å². The first-order valence-electron chi connectivity index (χ1n) is 4.80. The zero-order valence-electron chi connectivity index (χ0n) is 9.16. The highest BCUT2D eigenvalue weighted by atomic mass is 19.1. The Bertz CT molecular complexity index is 407. The quantitative estimate of drug-likeness (QED) is 0.800. The number of hydrogen-bond acceptors (Lipinski definition) is 4. The van der Waals surface area contributed by atoms with Gasteiger partial charge in [0.1, 0.15) is 5.56 Å². The minimum absolute atomic E-state index is 0.0277. The number of rotatable bonds is 4. The number of halogens is 1. The molecule has 1 aromatic rings. The van der Waals surface area contributed by atoms with Gasteiger partial charge in [-0.3, -0.25) is 4.79 Å². The van der Waals surface area contributed by atoms with Gasteiger partial charge in [-0.1, -0.05) is 13.8 Å². The first kappa shape index (κ1) is 12.2. The number of pyridine rings is 1. The topological polar surface area (TPSA) is 91.2 Å². The van der Waals surface area contributed by atoms with Gasteiger partial charge in [-0.15, -0.1) is 0 Å². The van der Waals surface area contributed by atoms with Crippen molar-refractivity contribution in [2.24, 2.45) is 11.7 Å². The number of amides is 1. The Morgan fingerprint density at radius 2 is 2.25 bits per heavy atom. The summed E-state index contributed by atoms with van der Waals surface area (Å²) in [6.45, 7) is 4.20. The summed E-state index contributed by atoms with van der Waals surface area (Å²) < 4.78 is 18.3. The second kappa shape index (κ2) is 4.78. The molecular weight excluding hydrogens is 213 g/mol. The molecule has 0 aliphatic rings. The smallest absolute Gasteiger partial charge is 0.254 e. The molecule has 0 fully saturated rings. The predicted molar refractivity (Wildman–Crippen MR) is 57.5 cm³/mol. The van der Waals surface area contributed by atoms with E-state index >= 15 is 0 Å². The third-order valence-corrected chi connectivity index (χ3v) is 1.79. The summed E-state index contributed by atoms with van der Waals surface area (Å²) in [6, 6.07) is 0.931. The minimum Gasteiger partial charge on any atom is -0.477 e. The largest absolute Gasteiger partial charge is 0.477 e. The summed E-state index contributed by atoms with van der Waals surface area (Å²) in [5.41, 5.74) is 10.2. The predicted octanol–water partition coefficient (Wildman–Crippen LogP) is 0.937. The average molecular weight is 227 g/mol. The van der Waals surface area contributed by atoms with Crippen molar-refractivity contribution >= 4 is 11.7 Å². The van der Waals surface area contributed by atoms with Crippen LogP contribution in [0.15, 0.2) is 6.07 Å². The van der Waals surface area contributed by atoms with Crippen LogP contribution in [0.3, 0.4) is 0 Å². The number of aromatic nitrogens is 1. The van der Waals surface area contributed by atoms with Crippen LogP contribution in [0.5, 0.6) is 5.88 Å². The van der Waals surface area contributed by atoms with E-state index in [9.17, 15) is 9.18 Å². The van der Waals surface area contributed by atoms with Crippen LogP contribution >= 0.6 is 0 Å². The number of hydrogen-bond donors (Lipinski definition) is 2. The summed E-state index contributed by atoms with van der Waals surface area (Å²) in [4.78, 5) is 14.7. The molecule has 88 valence electrons. The second-order valence-electron chi connectivity index (χ2n) is 3.78. The minimum atomic E-state index is -0.801. The Morgan fingerprint density at radius 1 is 1.62 bits per heavy atom. The number of carbonyl (C=O) groups is 1. The molecule has 1 heterocycles. The molecule has 1 amide bonds. The molecule has 0 radical (unpaired) electrons. The van der Waals surface area contributed by atoms with Gasteiger partial charge in [0.25, 0.3) is 5.91 Å². The van der Waals surface area contributed by atoms with E-state index in [1.165, 1.54) is 0 Å². The molecule has 0 aliphatic carbocycles. The molecule has 0 aromatic carbocycles. The summed E-state index contributed by atoms with van der Waals surface area (Å²) in [6.07, 6.45) is 0. The lowest BCUT2D eigenvalue weighted by atomic mass is 10.2. The fourth-order valence-corrected chi connectivity index (χ4v) is 1.02. The Kier molecular flexibility index (Phi) is 3.65. The zero-order chi connectivity index (χ0) is 12.3. The Balaban J connectivity index is 3.05. The molecular formula is C10H14FN3O2. The lowest BCUT2D eigenvalue weighted by Gasteiger charge is -2.11. The molecule has 1 rings (SSSR count). The van der Waals surface area contributed by atoms with Crippen molar-refractivity contribution in [2.75, 3.05) is 12.3 Å².